The SMILES string of the molecule is C[C@H](NC(=O)c1cccc(N2CCCC2=O)c1)c1ccc2c(c1)CCC2. The maximum Gasteiger partial charge on any atom is 0.251 e. The number of aryl methyl sites for hydroxylation is 2. The van der Waals surface area contributed by atoms with Gasteiger partial charge in [0.15, 0.2) is 0 Å². The minimum absolute atomic E-state index is 0.0505. The molecule has 4 heteroatoms. The Morgan fingerprint density at radius 2 is 1.88 bits per heavy atom. The molecular weight excluding hydrogens is 324 g/mol. The normalized spacial score (nSPS) is 17.3. The molecule has 4 nitrogen and oxygen atoms in total. The first-order valence-corrected chi connectivity index (χ1v) is 9.45. The lowest BCUT2D eigenvalue weighted by molar-refractivity contribution is -0.117. The van der Waals surface area contributed by atoms with Gasteiger partial charge in [-0.25, -0.2) is 0 Å². The summed E-state index contributed by atoms with van der Waals surface area (Å²) in [7, 11) is 0. The summed E-state index contributed by atoms with van der Waals surface area (Å²) in [6.07, 6.45) is 4.99. The average molecular weight is 348 g/mol. The van der Waals surface area contributed by atoms with Crippen molar-refractivity contribution in [2.45, 2.75) is 45.1 Å². The standard InChI is InChI=1S/C22H24N2O2/c1-15(17-11-10-16-5-2-6-18(16)13-17)23-22(26)19-7-3-8-20(14-19)24-12-4-9-21(24)25/h3,7-8,10-11,13-15H,2,4-6,9,12H2,1H3,(H,23,26)/t15-/m0/s1. The Kier molecular flexibility index (Phi) is 4.49. The van der Waals surface area contributed by atoms with E-state index in [1.165, 1.54) is 24.0 Å². The van der Waals surface area contributed by atoms with E-state index in [9.17, 15) is 9.59 Å². The van der Waals surface area contributed by atoms with Crippen LogP contribution in [0.15, 0.2) is 42.5 Å². The van der Waals surface area contributed by atoms with Gasteiger partial charge >= 0.3 is 0 Å². The molecule has 1 heterocycles. The third kappa shape index (κ3) is 3.24. The Balaban J connectivity index is 1.48. The maximum absolute atomic E-state index is 12.7. The van der Waals surface area contributed by atoms with Crippen LogP contribution in [0.5, 0.6) is 0 Å². The van der Waals surface area contributed by atoms with Gasteiger partial charge in [0.25, 0.3) is 5.91 Å². The second-order valence-electron chi connectivity index (χ2n) is 7.28. The summed E-state index contributed by atoms with van der Waals surface area (Å²) in [5.41, 5.74) is 5.40. The predicted molar refractivity (Wildman–Crippen MR) is 102 cm³/mol. The molecule has 1 saturated heterocycles. The fourth-order valence-corrected chi connectivity index (χ4v) is 3.96. The highest BCUT2D eigenvalue weighted by molar-refractivity contribution is 5.99. The average Bonchev–Trinajstić information content (AvgIpc) is 3.29. The Hall–Kier alpha value is -2.62. The number of nitrogens with zero attached hydrogens (tertiary/aromatic N) is 1. The van der Waals surface area contributed by atoms with E-state index in [-0.39, 0.29) is 17.9 Å². The number of amides is 2. The molecule has 26 heavy (non-hydrogen) atoms. The molecule has 0 radical (unpaired) electrons. The third-order valence-corrected chi connectivity index (χ3v) is 5.46. The first-order valence-electron chi connectivity index (χ1n) is 9.45. The largest absolute Gasteiger partial charge is 0.346 e. The van der Waals surface area contributed by atoms with Gasteiger partial charge in [-0.15, -0.1) is 0 Å². The molecule has 0 bridgehead atoms. The lowest BCUT2D eigenvalue weighted by Gasteiger charge is -2.18. The van der Waals surface area contributed by atoms with Crippen LogP contribution in [0.4, 0.5) is 5.69 Å². The van der Waals surface area contributed by atoms with Crippen LogP contribution in [0, 0.1) is 0 Å². The van der Waals surface area contributed by atoms with Gasteiger partial charge in [-0.1, -0.05) is 24.3 Å². The molecule has 1 fully saturated rings. The number of carbonyl (C=O) groups is 2. The second-order valence-corrected chi connectivity index (χ2v) is 7.28. The van der Waals surface area contributed by atoms with Gasteiger partial charge in [0.2, 0.25) is 5.91 Å². The lowest BCUT2D eigenvalue weighted by Crippen LogP contribution is -2.28. The first kappa shape index (κ1) is 16.8. The molecule has 1 N–H and O–H groups in total. The predicted octanol–water partition coefficient (Wildman–Crippen LogP) is 3.79. The second kappa shape index (κ2) is 6.94. The number of carbonyl (C=O) groups excluding carboxylic acids is 2. The van der Waals surface area contributed by atoms with Crippen LogP contribution in [-0.2, 0) is 17.6 Å². The van der Waals surface area contributed by atoms with Crippen molar-refractivity contribution < 1.29 is 9.59 Å². The van der Waals surface area contributed by atoms with Gasteiger partial charge in [0.1, 0.15) is 0 Å². The molecule has 4 rings (SSSR count). The number of anilines is 1. The van der Waals surface area contributed by atoms with Crippen LogP contribution < -0.4 is 10.2 Å². The Morgan fingerprint density at radius 3 is 2.69 bits per heavy atom. The summed E-state index contributed by atoms with van der Waals surface area (Å²) < 4.78 is 0. The van der Waals surface area contributed by atoms with Gasteiger partial charge in [-0.3, -0.25) is 9.59 Å². The van der Waals surface area contributed by atoms with Crippen LogP contribution in [0.3, 0.4) is 0 Å². The summed E-state index contributed by atoms with van der Waals surface area (Å²) in [5.74, 6) is 0.0283. The van der Waals surface area contributed by atoms with Crippen molar-refractivity contribution in [1.82, 2.24) is 5.32 Å². The summed E-state index contributed by atoms with van der Waals surface area (Å²) >= 11 is 0. The monoisotopic (exact) mass is 348 g/mol. The molecule has 1 aliphatic carbocycles. The quantitative estimate of drug-likeness (QED) is 0.914. The van der Waals surface area contributed by atoms with Gasteiger partial charge in [-0.05, 0) is 67.5 Å². The van der Waals surface area contributed by atoms with E-state index >= 15 is 0 Å². The van der Waals surface area contributed by atoms with Gasteiger partial charge in [0.05, 0.1) is 6.04 Å². The number of hydrogen-bond acceptors (Lipinski definition) is 2. The molecule has 2 aromatic rings. The van der Waals surface area contributed by atoms with Gasteiger partial charge in [0, 0.05) is 24.2 Å². The van der Waals surface area contributed by atoms with Crippen LogP contribution in [-0.4, -0.2) is 18.4 Å². The van der Waals surface area contributed by atoms with Crippen LogP contribution in [0.2, 0.25) is 0 Å². The van der Waals surface area contributed by atoms with Crippen LogP contribution in [0.1, 0.15) is 59.3 Å². The van der Waals surface area contributed by atoms with E-state index in [0.717, 1.165) is 30.6 Å². The number of hydrogen-bond donors (Lipinski definition) is 1. The highest BCUT2D eigenvalue weighted by atomic mass is 16.2. The molecule has 0 unspecified atom stereocenters. The van der Waals surface area contributed by atoms with E-state index in [0.29, 0.717) is 12.0 Å². The van der Waals surface area contributed by atoms with Crippen molar-refractivity contribution in [1.29, 1.82) is 0 Å². The number of fused-ring (bicyclic) bond motifs is 1. The highest BCUT2D eigenvalue weighted by Gasteiger charge is 2.22. The summed E-state index contributed by atoms with van der Waals surface area (Å²) in [4.78, 5) is 26.4. The van der Waals surface area contributed by atoms with E-state index in [2.05, 4.69) is 23.5 Å². The molecular formula is C22H24N2O2. The fraction of sp³-hybridized carbons (Fsp3) is 0.364. The molecule has 1 atom stereocenters. The summed E-state index contributed by atoms with van der Waals surface area (Å²) in [5, 5.41) is 3.09. The van der Waals surface area contributed by atoms with Gasteiger partial charge in [-0.2, -0.15) is 0 Å². The fourth-order valence-electron chi connectivity index (χ4n) is 3.96. The molecule has 0 spiro atoms. The molecule has 0 saturated carbocycles. The lowest BCUT2D eigenvalue weighted by atomic mass is 10.0. The Morgan fingerprint density at radius 1 is 1.04 bits per heavy atom. The van der Waals surface area contributed by atoms with Crippen molar-refractivity contribution in [3.63, 3.8) is 0 Å². The number of rotatable bonds is 4. The van der Waals surface area contributed by atoms with Crippen molar-refractivity contribution in [3.05, 3.63) is 64.7 Å². The smallest absolute Gasteiger partial charge is 0.251 e. The van der Waals surface area contributed by atoms with Crippen LogP contribution in [0.25, 0.3) is 0 Å². The van der Waals surface area contributed by atoms with E-state index < -0.39 is 0 Å². The molecule has 2 amide bonds. The number of benzene rings is 2. The first-order chi connectivity index (χ1) is 12.6. The topological polar surface area (TPSA) is 49.4 Å². The third-order valence-electron chi connectivity index (χ3n) is 5.46. The van der Waals surface area contributed by atoms with E-state index in [1.807, 2.05) is 25.1 Å². The molecule has 2 aliphatic rings. The van der Waals surface area contributed by atoms with Crippen molar-refractivity contribution >= 4 is 17.5 Å². The summed E-state index contributed by atoms with van der Waals surface area (Å²) in [6, 6.07) is 13.8. The summed E-state index contributed by atoms with van der Waals surface area (Å²) in [6.45, 7) is 2.75. The molecule has 2 aromatic carbocycles. The molecule has 0 aromatic heterocycles. The Bertz CT molecular complexity index is 859. The maximum atomic E-state index is 12.7. The van der Waals surface area contributed by atoms with Crippen LogP contribution >= 0.6 is 0 Å². The van der Waals surface area contributed by atoms with E-state index in [1.54, 1.807) is 11.0 Å². The van der Waals surface area contributed by atoms with Crippen molar-refractivity contribution in [2.24, 2.45) is 0 Å². The number of nitrogens with one attached hydrogen (secondary N) is 1. The highest BCUT2D eigenvalue weighted by Crippen LogP contribution is 2.26. The molecule has 1 aliphatic heterocycles. The zero-order valence-electron chi connectivity index (χ0n) is 15.1. The zero-order chi connectivity index (χ0) is 18.1. The zero-order valence-corrected chi connectivity index (χ0v) is 15.1. The molecule has 134 valence electrons. The van der Waals surface area contributed by atoms with Crippen molar-refractivity contribution in [2.75, 3.05) is 11.4 Å². The van der Waals surface area contributed by atoms with Crippen molar-refractivity contribution in [3.8, 4) is 0 Å². The Labute approximate surface area is 154 Å². The van der Waals surface area contributed by atoms with Gasteiger partial charge < -0.3 is 10.2 Å². The minimum Gasteiger partial charge on any atom is -0.346 e. The van der Waals surface area contributed by atoms with E-state index in [4.69, 9.17) is 0 Å². The minimum atomic E-state index is -0.105.